The molecule has 0 saturated heterocycles. The summed E-state index contributed by atoms with van der Waals surface area (Å²) >= 11 is 0. The van der Waals surface area contributed by atoms with E-state index in [2.05, 4.69) is 4.74 Å². The molecule has 17 heavy (non-hydrogen) atoms. The lowest BCUT2D eigenvalue weighted by molar-refractivity contribution is -0.140. The van der Waals surface area contributed by atoms with Crippen molar-refractivity contribution in [2.24, 2.45) is 0 Å². The van der Waals surface area contributed by atoms with Gasteiger partial charge in [0.2, 0.25) is 25.9 Å². The minimum absolute atomic E-state index is 0.0582. The Morgan fingerprint density at radius 1 is 1.24 bits per heavy atom. The molecule has 0 aliphatic carbocycles. The van der Waals surface area contributed by atoms with Crippen LogP contribution in [-0.2, 0) is 29.6 Å². The molecule has 0 aromatic rings. The van der Waals surface area contributed by atoms with Crippen molar-refractivity contribution in [1.82, 2.24) is 3.71 Å². The van der Waals surface area contributed by atoms with Gasteiger partial charge in [0.1, 0.15) is 0 Å². The summed E-state index contributed by atoms with van der Waals surface area (Å²) < 4.78 is 61.4. The van der Waals surface area contributed by atoms with E-state index in [1.807, 2.05) is 0 Å². The first-order valence-corrected chi connectivity index (χ1v) is 7.93. The van der Waals surface area contributed by atoms with Gasteiger partial charge in [0, 0.05) is 0 Å². The highest BCUT2D eigenvalue weighted by molar-refractivity contribution is 8.03. The fourth-order valence-electron chi connectivity index (χ4n) is 0.783. The molecule has 0 unspecified atom stereocenters. The van der Waals surface area contributed by atoms with Crippen molar-refractivity contribution in [3.8, 4) is 0 Å². The topological polar surface area (TPSA) is 97.8 Å². The van der Waals surface area contributed by atoms with Gasteiger partial charge in [-0.25, -0.2) is 21.6 Å². The average molecular weight is 289 g/mol. The van der Waals surface area contributed by atoms with Crippen molar-refractivity contribution in [1.29, 1.82) is 0 Å². The zero-order chi connectivity index (χ0) is 13.9. The standard InChI is InChI=1S/C7H12FNO6S2/c1-4-15-7(10)6(8)5-9(16(2,11)12)17(3,13)14/h5H,4H2,1-3H3. The zero-order valence-corrected chi connectivity index (χ0v) is 11.0. The summed E-state index contributed by atoms with van der Waals surface area (Å²) in [6.45, 7) is 1.29. The summed E-state index contributed by atoms with van der Waals surface area (Å²) in [6, 6.07) is 0. The van der Waals surface area contributed by atoms with Crippen LogP contribution in [0.1, 0.15) is 6.92 Å². The molecule has 0 N–H and O–H groups in total. The number of carbonyl (C=O) groups excluding carboxylic acids is 1. The van der Waals surface area contributed by atoms with E-state index in [0.717, 1.165) is 0 Å². The van der Waals surface area contributed by atoms with Crippen LogP contribution in [0.2, 0.25) is 0 Å². The van der Waals surface area contributed by atoms with E-state index in [-0.39, 0.29) is 16.5 Å². The van der Waals surface area contributed by atoms with Crippen LogP contribution in [0.5, 0.6) is 0 Å². The smallest absolute Gasteiger partial charge is 0.368 e. The molecule has 10 heteroatoms. The Balaban J connectivity index is 5.43. The minimum atomic E-state index is -4.24. The number of hydrogen-bond acceptors (Lipinski definition) is 6. The summed E-state index contributed by atoms with van der Waals surface area (Å²) in [5, 5.41) is 0. The number of ether oxygens (including phenoxy) is 1. The third-order valence-corrected chi connectivity index (χ3v) is 4.49. The van der Waals surface area contributed by atoms with Crippen molar-refractivity contribution in [3.05, 3.63) is 12.0 Å². The first-order valence-electron chi connectivity index (χ1n) is 4.24. The van der Waals surface area contributed by atoms with E-state index < -0.39 is 31.8 Å². The number of esters is 1. The zero-order valence-electron chi connectivity index (χ0n) is 9.38. The largest absolute Gasteiger partial charge is 0.461 e. The van der Waals surface area contributed by atoms with Crippen LogP contribution in [0.4, 0.5) is 4.39 Å². The molecule has 0 aromatic heterocycles. The van der Waals surface area contributed by atoms with Gasteiger partial charge in [0.05, 0.1) is 25.3 Å². The molecule has 0 spiro atoms. The molecule has 7 nitrogen and oxygen atoms in total. The first-order chi connectivity index (χ1) is 7.50. The Morgan fingerprint density at radius 2 is 1.65 bits per heavy atom. The maximum atomic E-state index is 13.1. The second-order valence-electron chi connectivity index (χ2n) is 2.95. The maximum Gasteiger partial charge on any atom is 0.368 e. The minimum Gasteiger partial charge on any atom is -0.461 e. The second kappa shape index (κ2) is 5.45. The van der Waals surface area contributed by atoms with Crippen LogP contribution in [0, 0.1) is 0 Å². The molecule has 0 aliphatic heterocycles. The van der Waals surface area contributed by atoms with Crippen molar-refractivity contribution in [3.63, 3.8) is 0 Å². The third kappa shape index (κ3) is 5.13. The monoisotopic (exact) mass is 289 g/mol. The lowest BCUT2D eigenvalue weighted by atomic mass is 10.6. The maximum absolute atomic E-state index is 13.1. The normalized spacial score (nSPS) is 13.3. The van der Waals surface area contributed by atoms with Gasteiger partial charge < -0.3 is 4.74 Å². The van der Waals surface area contributed by atoms with Gasteiger partial charge in [-0.1, -0.05) is 0 Å². The second-order valence-corrected chi connectivity index (χ2v) is 6.90. The van der Waals surface area contributed by atoms with Crippen molar-refractivity contribution in [2.45, 2.75) is 6.92 Å². The van der Waals surface area contributed by atoms with Crippen LogP contribution in [-0.4, -0.2) is 45.6 Å². The van der Waals surface area contributed by atoms with E-state index >= 15 is 0 Å². The molecule has 100 valence electrons. The molecular formula is C7H12FNO6S2. The van der Waals surface area contributed by atoms with E-state index in [9.17, 15) is 26.0 Å². The Kier molecular flexibility index (Phi) is 5.08. The number of halogens is 1. The molecule has 0 radical (unpaired) electrons. The van der Waals surface area contributed by atoms with E-state index in [1.54, 1.807) is 0 Å². The predicted molar refractivity (Wildman–Crippen MR) is 57.4 cm³/mol. The fourth-order valence-corrected chi connectivity index (χ4v) is 3.32. The SMILES string of the molecule is CCOC(=O)C(F)=CN(S(C)(=O)=O)S(C)(=O)=O. The summed E-state index contributed by atoms with van der Waals surface area (Å²) in [6.07, 6.45) is 1.18. The Hall–Kier alpha value is -1.16. The van der Waals surface area contributed by atoms with Gasteiger partial charge in [-0.05, 0) is 6.92 Å². The summed E-state index contributed by atoms with van der Waals surface area (Å²) in [7, 11) is -8.49. The predicted octanol–water partition coefficient (Wildman–Crippen LogP) is -0.418. The van der Waals surface area contributed by atoms with Crippen molar-refractivity contribution in [2.75, 3.05) is 19.1 Å². The highest BCUT2D eigenvalue weighted by Gasteiger charge is 2.25. The highest BCUT2D eigenvalue weighted by Crippen LogP contribution is 2.11. The number of carbonyl (C=O) groups is 1. The summed E-state index contributed by atoms with van der Waals surface area (Å²) in [4.78, 5) is 10.9. The lowest BCUT2D eigenvalue weighted by Gasteiger charge is -2.14. The average Bonchev–Trinajstić information content (AvgIpc) is 2.10. The molecule has 0 atom stereocenters. The van der Waals surface area contributed by atoms with Crippen LogP contribution >= 0.6 is 0 Å². The molecule has 0 saturated carbocycles. The van der Waals surface area contributed by atoms with Gasteiger partial charge >= 0.3 is 5.97 Å². The van der Waals surface area contributed by atoms with Gasteiger partial charge in [0.15, 0.2) is 0 Å². The van der Waals surface area contributed by atoms with Gasteiger partial charge in [-0.3, -0.25) is 0 Å². The van der Waals surface area contributed by atoms with E-state index in [0.29, 0.717) is 12.5 Å². The highest BCUT2D eigenvalue weighted by atomic mass is 32.3. The molecule has 0 aliphatic rings. The molecule has 0 aromatic carbocycles. The van der Waals surface area contributed by atoms with Gasteiger partial charge in [0.25, 0.3) is 0 Å². The van der Waals surface area contributed by atoms with Crippen molar-refractivity contribution >= 4 is 26.0 Å². The molecule has 0 bridgehead atoms. The number of sulfonamides is 2. The first kappa shape index (κ1) is 15.8. The number of hydrogen-bond donors (Lipinski definition) is 0. The Bertz CT molecular complexity index is 489. The van der Waals surface area contributed by atoms with Gasteiger partial charge in [-0.2, -0.15) is 8.10 Å². The number of nitrogens with zero attached hydrogens (tertiary/aromatic N) is 1. The van der Waals surface area contributed by atoms with Crippen molar-refractivity contribution < 1.29 is 30.8 Å². The quantitative estimate of drug-likeness (QED) is 0.503. The molecule has 0 amide bonds. The molecule has 0 rings (SSSR count). The molecule has 0 fully saturated rings. The Morgan fingerprint density at radius 3 is 1.94 bits per heavy atom. The van der Waals surface area contributed by atoms with E-state index in [1.165, 1.54) is 6.92 Å². The summed E-state index contributed by atoms with van der Waals surface area (Å²) in [5.74, 6) is -3.06. The third-order valence-electron chi connectivity index (χ3n) is 1.34. The Labute approximate surface area is 99.0 Å². The van der Waals surface area contributed by atoms with Crippen LogP contribution < -0.4 is 0 Å². The lowest BCUT2D eigenvalue weighted by Crippen LogP contribution is -2.31. The van der Waals surface area contributed by atoms with E-state index in [4.69, 9.17) is 0 Å². The van der Waals surface area contributed by atoms with Crippen LogP contribution in [0.25, 0.3) is 0 Å². The van der Waals surface area contributed by atoms with Gasteiger partial charge in [-0.15, -0.1) is 0 Å². The number of rotatable bonds is 5. The fraction of sp³-hybridized carbons (Fsp3) is 0.571. The molecule has 0 heterocycles. The summed E-state index contributed by atoms with van der Waals surface area (Å²) in [5.41, 5.74) is 0. The molecular weight excluding hydrogens is 277 g/mol. The van der Waals surface area contributed by atoms with Crippen LogP contribution in [0.15, 0.2) is 12.0 Å². The van der Waals surface area contributed by atoms with Crippen LogP contribution in [0.3, 0.4) is 0 Å².